The summed E-state index contributed by atoms with van der Waals surface area (Å²) in [7, 11) is -3.67. The van der Waals surface area contributed by atoms with Crippen LogP contribution in [0.1, 0.15) is 37.1 Å². The van der Waals surface area contributed by atoms with Crippen LogP contribution in [0.15, 0.2) is 4.90 Å². The summed E-state index contributed by atoms with van der Waals surface area (Å²) in [5.41, 5.74) is 1.20. The molecule has 3 rings (SSSR count). The normalized spacial score (nSPS) is 30.2. The van der Waals surface area contributed by atoms with Crippen LogP contribution in [0.2, 0.25) is 0 Å². The summed E-state index contributed by atoms with van der Waals surface area (Å²) in [4.78, 5) is 0.204. The van der Waals surface area contributed by atoms with E-state index in [1.807, 2.05) is 4.68 Å². The average Bonchev–Trinajstić information content (AvgIpc) is 2.93. The third-order valence-corrected chi connectivity index (χ3v) is 6.05. The van der Waals surface area contributed by atoms with Crippen molar-refractivity contribution in [2.75, 3.05) is 0 Å². The molecular weight excluding hydrogens is 262 g/mol. The Labute approximate surface area is 114 Å². The highest BCUT2D eigenvalue weighted by atomic mass is 32.2. The molecule has 2 fully saturated rings. The molecule has 19 heavy (non-hydrogen) atoms. The number of aryl methyl sites for hydroxylation is 1. The van der Waals surface area contributed by atoms with Gasteiger partial charge in [-0.25, -0.2) is 13.6 Å². The number of hydrogen-bond donors (Lipinski definition) is 1. The van der Waals surface area contributed by atoms with Crippen molar-refractivity contribution in [3.63, 3.8) is 0 Å². The second-order valence-electron chi connectivity index (χ2n) is 6.16. The molecule has 2 bridgehead atoms. The second-order valence-corrected chi connectivity index (χ2v) is 7.66. The second kappa shape index (κ2) is 4.31. The molecule has 0 amide bonds. The molecule has 106 valence electrons. The van der Waals surface area contributed by atoms with Gasteiger partial charge in [0, 0.05) is 6.54 Å². The van der Waals surface area contributed by atoms with Crippen molar-refractivity contribution >= 4 is 10.0 Å². The number of aromatic nitrogens is 2. The van der Waals surface area contributed by atoms with E-state index in [-0.39, 0.29) is 4.90 Å². The first-order valence-corrected chi connectivity index (χ1v) is 8.47. The zero-order chi connectivity index (χ0) is 13.8. The number of sulfonamides is 1. The van der Waals surface area contributed by atoms with E-state index in [0.717, 1.165) is 18.4 Å². The number of nitrogens with zero attached hydrogens (tertiary/aromatic N) is 2. The molecule has 2 aliphatic rings. The third kappa shape index (κ3) is 2.21. The monoisotopic (exact) mass is 283 g/mol. The summed E-state index contributed by atoms with van der Waals surface area (Å²) in [5, 5.41) is 9.64. The van der Waals surface area contributed by atoms with E-state index in [2.05, 4.69) is 5.10 Å². The SMILES string of the molecule is Cc1nn(CC2CC3CCC2C3)c(C)c1S(N)(=O)=O. The maximum Gasteiger partial charge on any atom is 0.241 e. The van der Waals surface area contributed by atoms with E-state index < -0.39 is 10.0 Å². The first-order chi connectivity index (χ1) is 8.86. The van der Waals surface area contributed by atoms with Crippen molar-refractivity contribution in [3.05, 3.63) is 11.4 Å². The van der Waals surface area contributed by atoms with Gasteiger partial charge in [-0.2, -0.15) is 5.10 Å². The molecule has 0 aliphatic heterocycles. The molecule has 0 radical (unpaired) electrons. The number of rotatable bonds is 3. The van der Waals surface area contributed by atoms with Gasteiger partial charge >= 0.3 is 0 Å². The number of nitrogens with two attached hydrogens (primary N) is 1. The predicted octanol–water partition coefficient (Wildman–Crippen LogP) is 1.58. The van der Waals surface area contributed by atoms with E-state index in [9.17, 15) is 8.42 Å². The number of hydrogen-bond acceptors (Lipinski definition) is 3. The van der Waals surface area contributed by atoms with Crippen LogP contribution in [-0.4, -0.2) is 18.2 Å². The Morgan fingerprint density at radius 3 is 2.53 bits per heavy atom. The van der Waals surface area contributed by atoms with Crippen LogP contribution in [0.3, 0.4) is 0 Å². The van der Waals surface area contributed by atoms with E-state index in [1.165, 1.54) is 25.7 Å². The minimum atomic E-state index is -3.67. The van der Waals surface area contributed by atoms with Crippen molar-refractivity contribution in [1.29, 1.82) is 0 Å². The van der Waals surface area contributed by atoms with Gasteiger partial charge < -0.3 is 0 Å². The summed E-state index contributed by atoms with van der Waals surface area (Å²) in [6.07, 6.45) is 5.33. The smallest absolute Gasteiger partial charge is 0.241 e. The Morgan fingerprint density at radius 2 is 2.05 bits per heavy atom. The third-order valence-electron chi connectivity index (χ3n) is 4.89. The highest BCUT2D eigenvalue weighted by molar-refractivity contribution is 7.89. The summed E-state index contributed by atoms with van der Waals surface area (Å²) >= 11 is 0. The lowest BCUT2D eigenvalue weighted by molar-refractivity contribution is 0.283. The zero-order valence-electron chi connectivity index (χ0n) is 11.5. The molecule has 5 nitrogen and oxygen atoms in total. The van der Waals surface area contributed by atoms with Crippen molar-refractivity contribution in [3.8, 4) is 0 Å². The quantitative estimate of drug-likeness (QED) is 0.915. The minimum absolute atomic E-state index is 0.204. The van der Waals surface area contributed by atoms with Gasteiger partial charge in [-0.1, -0.05) is 6.42 Å². The predicted molar refractivity (Wildman–Crippen MR) is 72.0 cm³/mol. The fourth-order valence-electron chi connectivity index (χ4n) is 4.09. The first-order valence-electron chi connectivity index (χ1n) is 6.93. The fourth-order valence-corrected chi connectivity index (χ4v) is 5.06. The maximum absolute atomic E-state index is 11.6. The Balaban J connectivity index is 1.87. The van der Waals surface area contributed by atoms with Gasteiger partial charge in [0.15, 0.2) is 0 Å². The van der Waals surface area contributed by atoms with Gasteiger partial charge in [0.25, 0.3) is 0 Å². The minimum Gasteiger partial charge on any atom is -0.268 e. The van der Waals surface area contributed by atoms with Crippen LogP contribution in [0.5, 0.6) is 0 Å². The molecule has 1 aromatic rings. The maximum atomic E-state index is 11.6. The topological polar surface area (TPSA) is 78.0 Å². The molecule has 2 aliphatic carbocycles. The van der Waals surface area contributed by atoms with E-state index >= 15 is 0 Å². The summed E-state index contributed by atoms with van der Waals surface area (Å²) in [6.45, 7) is 4.35. The van der Waals surface area contributed by atoms with Crippen LogP contribution in [0.25, 0.3) is 0 Å². The molecule has 2 N–H and O–H groups in total. The van der Waals surface area contributed by atoms with E-state index in [4.69, 9.17) is 5.14 Å². The molecular formula is C13H21N3O2S. The van der Waals surface area contributed by atoms with Crippen molar-refractivity contribution < 1.29 is 8.42 Å². The van der Waals surface area contributed by atoms with Gasteiger partial charge in [-0.3, -0.25) is 4.68 Å². The van der Waals surface area contributed by atoms with Crippen molar-refractivity contribution in [1.82, 2.24) is 9.78 Å². The van der Waals surface area contributed by atoms with Crippen LogP contribution in [0.4, 0.5) is 0 Å². The molecule has 6 heteroatoms. The lowest BCUT2D eigenvalue weighted by atomic mass is 9.89. The molecule has 3 unspecified atom stereocenters. The lowest BCUT2D eigenvalue weighted by Gasteiger charge is -2.22. The Hall–Kier alpha value is -0.880. The number of primary sulfonamides is 1. The standard InChI is InChI=1S/C13H21N3O2S/c1-8-13(19(14,17)18)9(2)16(15-8)7-12-6-10-3-4-11(12)5-10/h10-12H,3-7H2,1-2H3,(H2,14,17,18). The van der Waals surface area contributed by atoms with Gasteiger partial charge in [-0.05, 0) is 50.9 Å². The highest BCUT2D eigenvalue weighted by Gasteiger charge is 2.39. The first kappa shape index (κ1) is 13.1. The van der Waals surface area contributed by atoms with Crippen molar-refractivity contribution in [2.24, 2.45) is 22.9 Å². The fraction of sp³-hybridized carbons (Fsp3) is 0.769. The molecule has 2 saturated carbocycles. The van der Waals surface area contributed by atoms with Gasteiger partial charge in [0.2, 0.25) is 10.0 Å². The Bertz CT molecular complexity index is 606. The lowest BCUT2D eigenvalue weighted by Crippen LogP contribution is -2.19. The van der Waals surface area contributed by atoms with Crippen LogP contribution < -0.4 is 5.14 Å². The Morgan fingerprint density at radius 1 is 1.32 bits per heavy atom. The van der Waals surface area contributed by atoms with Gasteiger partial charge in [-0.15, -0.1) is 0 Å². The molecule has 0 aromatic carbocycles. The molecule has 1 heterocycles. The number of fused-ring (bicyclic) bond motifs is 2. The van der Waals surface area contributed by atoms with E-state index in [0.29, 0.717) is 17.3 Å². The highest BCUT2D eigenvalue weighted by Crippen LogP contribution is 2.48. The average molecular weight is 283 g/mol. The van der Waals surface area contributed by atoms with E-state index in [1.54, 1.807) is 13.8 Å². The van der Waals surface area contributed by atoms with Gasteiger partial charge in [0.1, 0.15) is 4.90 Å². The molecule has 1 aromatic heterocycles. The summed E-state index contributed by atoms with van der Waals surface area (Å²) < 4.78 is 25.0. The van der Waals surface area contributed by atoms with Crippen LogP contribution >= 0.6 is 0 Å². The summed E-state index contributed by atoms with van der Waals surface area (Å²) in [6, 6.07) is 0. The molecule has 0 spiro atoms. The molecule has 0 saturated heterocycles. The van der Waals surface area contributed by atoms with Crippen molar-refractivity contribution in [2.45, 2.75) is 51.0 Å². The summed E-state index contributed by atoms with van der Waals surface area (Å²) in [5.74, 6) is 2.36. The van der Waals surface area contributed by atoms with Crippen LogP contribution in [-0.2, 0) is 16.6 Å². The Kier molecular flexibility index (Phi) is 2.98. The van der Waals surface area contributed by atoms with Crippen LogP contribution in [0, 0.1) is 31.6 Å². The largest absolute Gasteiger partial charge is 0.268 e. The zero-order valence-corrected chi connectivity index (χ0v) is 12.3. The van der Waals surface area contributed by atoms with Gasteiger partial charge in [0.05, 0.1) is 11.4 Å². The molecule has 3 atom stereocenters.